The van der Waals surface area contributed by atoms with Gasteiger partial charge in [-0.2, -0.15) is 0 Å². The number of halogens is 1. The number of hydrogen-bond acceptors (Lipinski definition) is 4. The smallest absolute Gasteiger partial charge is 0.0982 e. The highest BCUT2D eigenvalue weighted by Crippen LogP contribution is 2.26. The highest BCUT2D eigenvalue weighted by atomic mass is 35.5. The van der Waals surface area contributed by atoms with Crippen LogP contribution >= 0.6 is 23.7 Å². The van der Waals surface area contributed by atoms with Crippen molar-refractivity contribution in [2.24, 2.45) is 5.92 Å². The van der Waals surface area contributed by atoms with Crippen molar-refractivity contribution in [2.75, 3.05) is 26.7 Å². The first-order valence-electron chi connectivity index (χ1n) is 7.31. The lowest BCUT2D eigenvalue weighted by Gasteiger charge is -2.31. The molecule has 0 radical (unpaired) electrons. The molecule has 1 aliphatic heterocycles. The Morgan fingerprint density at radius 2 is 2.00 bits per heavy atom. The second kappa shape index (κ2) is 7.74. The Bertz CT molecular complexity index is 392. The zero-order chi connectivity index (χ0) is 13.9. The molecule has 2 heterocycles. The summed E-state index contributed by atoms with van der Waals surface area (Å²) < 4.78 is 0. The van der Waals surface area contributed by atoms with Gasteiger partial charge >= 0.3 is 0 Å². The summed E-state index contributed by atoms with van der Waals surface area (Å²) in [6.45, 7) is 11.3. The predicted octanol–water partition coefficient (Wildman–Crippen LogP) is 3.29. The van der Waals surface area contributed by atoms with Crippen LogP contribution in [0.15, 0.2) is 5.38 Å². The number of thiazole rings is 1. The van der Waals surface area contributed by atoms with Crippen LogP contribution in [0.1, 0.15) is 44.3 Å². The van der Waals surface area contributed by atoms with Gasteiger partial charge in [0, 0.05) is 17.3 Å². The zero-order valence-corrected chi connectivity index (χ0v) is 14.7. The molecule has 5 heteroatoms. The second-order valence-corrected chi connectivity index (χ2v) is 7.53. The van der Waals surface area contributed by atoms with Crippen LogP contribution in [0, 0.1) is 5.92 Å². The van der Waals surface area contributed by atoms with E-state index in [2.05, 4.69) is 43.4 Å². The summed E-state index contributed by atoms with van der Waals surface area (Å²) in [6, 6.07) is 0. The molecule has 0 saturated carbocycles. The molecule has 1 aromatic heterocycles. The molecule has 1 N–H and O–H groups in total. The molecule has 1 saturated heterocycles. The molecule has 0 unspecified atom stereocenters. The first kappa shape index (κ1) is 17.9. The number of piperidine rings is 1. The van der Waals surface area contributed by atoms with Crippen LogP contribution in [0.2, 0.25) is 0 Å². The van der Waals surface area contributed by atoms with Gasteiger partial charge in [-0.15, -0.1) is 23.7 Å². The lowest BCUT2D eigenvalue weighted by molar-refractivity contribution is 0.175. The van der Waals surface area contributed by atoms with Gasteiger partial charge in [-0.25, -0.2) is 4.98 Å². The third kappa shape index (κ3) is 4.99. The number of aromatic nitrogens is 1. The van der Waals surface area contributed by atoms with Crippen molar-refractivity contribution < 1.29 is 0 Å². The summed E-state index contributed by atoms with van der Waals surface area (Å²) in [5.74, 6) is 0.863. The van der Waals surface area contributed by atoms with Gasteiger partial charge in [-0.3, -0.25) is 4.90 Å². The molecule has 116 valence electrons. The molecular formula is C15H28ClN3S. The Morgan fingerprint density at radius 1 is 1.35 bits per heavy atom. The second-order valence-electron chi connectivity index (χ2n) is 6.67. The van der Waals surface area contributed by atoms with Crippen LogP contribution in [-0.4, -0.2) is 36.6 Å². The molecule has 1 fully saturated rings. The maximum atomic E-state index is 4.80. The van der Waals surface area contributed by atoms with Gasteiger partial charge in [0.2, 0.25) is 0 Å². The number of nitrogens with one attached hydrogen (secondary N) is 1. The first-order valence-corrected chi connectivity index (χ1v) is 8.19. The fourth-order valence-electron chi connectivity index (χ4n) is 2.59. The van der Waals surface area contributed by atoms with E-state index in [-0.39, 0.29) is 17.8 Å². The molecule has 2 rings (SSSR count). The third-order valence-corrected chi connectivity index (χ3v) is 5.10. The van der Waals surface area contributed by atoms with Gasteiger partial charge in [-0.1, -0.05) is 20.8 Å². The van der Waals surface area contributed by atoms with E-state index in [0.29, 0.717) is 0 Å². The number of likely N-dealkylation sites (tertiary alicyclic amines) is 1. The van der Waals surface area contributed by atoms with Crippen LogP contribution in [0.25, 0.3) is 0 Å². The van der Waals surface area contributed by atoms with Crippen molar-refractivity contribution in [3.63, 3.8) is 0 Å². The van der Waals surface area contributed by atoms with Gasteiger partial charge < -0.3 is 5.32 Å². The van der Waals surface area contributed by atoms with Gasteiger partial charge in [0.25, 0.3) is 0 Å². The Kier molecular flexibility index (Phi) is 6.92. The maximum absolute atomic E-state index is 4.80. The molecule has 1 aromatic rings. The topological polar surface area (TPSA) is 28.2 Å². The highest BCUT2D eigenvalue weighted by Gasteiger charge is 2.21. The summed E-state index contributed by atoms with van der Waals surface area (Å²) in [5.41, 5.74) is 1.44. The Labute approximate surface area is 133 Å². The Morgan fingerprint density at radius 3 is 2.50 bits per heavy atom. The zero-order valence-electron chi connectivity index (χ0n) is 13.1. The van der Waals surface area contributed by atoms with Crippen molar-refractivity contribution in [3.05, 3.63) is 16.1 Å². The molecule has 3 nitrogen and oxygen atoms in total. The van der Waals surface area contributed by atoms with E-state index in [4.69, 9.17) is 4.98 Å². The van der Waals surface area contributed by atoms with E-state index >= 15 is 0 Å². The summed E-state index contributed by atoms with van der Waals surface area (Å²) in [7, 11) is 2.05. The van der Waals surface area contributed by atoms with E-state index in [9.17, 15) is 0 Å². The monoisotopic (exact) mass is 317 g/mol. The minimum Gasteiger partial charge on any atom is -0.319 e. The molecule has 0 atom stereocenters. The summed E-state index contributed by atoms with van der Waals surface area (Å²) in [4.78, 5) is 7.34. The van der Waals surface area contributed by atoms with Crippen LogP contribution in [0.5, 0.6) is 0 Å². The van der Waals surface area contributed by atoms with Crippen molar-refractivity contribution >= 4 is 23.7 Å². The predicted molar refractivity (Wildman–Crippen MR) is 90.0 cm³/mol. The standard InChI is InChI=1S/C15H27N3S.ClH/c1-15(2,3)14-17-13(11-19-14)10-18-7-5-12(6-8-18)9-16-4;/h11-12,16H,5-10H2,1-4H3;1H. The third-order valence-electron chi connectivity index (χ3n) is 3.78. The van der Waals surface area contributed by atoms with Crippen molar-refractivity contribution in [1.29, 1.82) is 0 Å². The summed E-state index contributed by atoms with van der Waals surface area (Å²) >= 11 is 1.81. The Hall–Kier alpha value is -0.160. The maximum Gasteiger partial charge on any atom is 0.0982 e. The lowest BCUT2D eigenvalue weighted by Crippen LogP contribution is -2.36. The number of nitrogens with zero attached hydrogens (tertiary/aromatic N) is 2. The van der Waals surface area contributed by atoms with Gasteiger partial charge in [-0.05, 0) is 45.4 Å². The van der Waals surface area contributed by atoms with Crippen LogP contribution in [0.4, 0.5) is 0 Å². The molecular weight excluding hydrogens is 290 g/mol. The van der Waals surface area contributed by atoms with Gasteiger partial charge in [0.15, 0.2) is 0 Å². The van der Waals surface area contributed by atoms with Crippen LogP contribution in [0.3, 0.4) is 0 Å². The van der Waals surface area contributed by atoms with E-state index in [1.54, 1.807) is 11.3 Å². The van der Waals surface area contributed by atoms with E-state index in [1.165, 1.54) is 43.2 Å². The largest absolute Gasteiger partial charge is 0.319 e. The first-order chi connectivity index (χ1) is 8.99. The van der Waals surface area contributed by atoms with E-state index in [1.807, 2.05) is 0 Å². The molecule has 20 heavy (non-hydrogen) atoms. The average molecular weight is 318 g/mol. The lowest BCUT2D eigenvalue weighted by atomic mass is 9.97. The minimum absolute atomic E-state index is 0. The summed E-state index contributed by atoms with van der Waals surface area (Å²) in [6.07, 6.45) is 2.63. The van der Waals surface area contributed by atoms with Crippen molar-refractivity contribution in [3.8, 4) is 0 Å². The molecule has 0 amide bonds. The minimum atomic E-state index is 0. The molecule has 1 aliphatic rings. The molecule has 0 spiro atoms. The van der Waals surface area contributed by atoms with Crippen molar-refractivity contribution in [2.45, 2.75) is 45.6 Å². The highest BCUT2D eigenvalue weighted by molar-refractivity contribution is 7.09. The molecule has 0 bridgehead atoms. The number of rotatable bonds is 4. The number of hydrogen-bond donors (Lipinski definition) is 1. The quantitative estimate of drug-likeness (QED) is 0.923. The van der Waals surface area contributed by atoms with Gasteiger partial charge in [0.05, 0.1) is 10.7 Å². The van der Waals surface area contributed by atoms with Gasteiger partial charge in [0.1, 0.15) is 0 Å². The SMILES string of the molecule is CNCC1CCN(Cc2csc(C(C)(C)C)n2)CC1.Cl. The van der Waals surface area contributed by atoms with Crippen LogP contribution < -0.4 is 5.32 Å². The normalized spacial score (nSPS) is 18.0. The Balaban J connectivity index is 0.00000200. The van der Waals surface area contributed by atoms with Crippen molar-refractivity contribution in [1.82, 2.24) is 15.2 Å². The summed E-state index contributed by atoms with van der Waals surface area (Å²) in [5, 5.41) is 6.79. The fourth-order valence-corrected chi connectivity index (χ4v) is 3.49. The molecule has 0 aromatic carbocycles. The van der Waals surface area contributed by atoms with Crippen LogP contribution in [-0.2, 0) is 12.0 Å². The average Bonchev–Trinajstić information content (AvgIpc) is 2.80. The fraction of sp³-hybridized carbons (Fsp3) is 0.800. The molecule has 0 aliphatic carbocycles. The van der Waals surface area contributed by atoms with E-state index < -0.39 is 0 Å². The van der Waals surface area contributed by atoms with E-state index in [0.717, 1.165) is 12.5 Å².